The van der Waals surface area contributed by atoms with Crippen LogP contribution in [0.15, 0.2) is 45.8 Å². The first-order valence-electron chi connectivity index (χ1n) is 11.5. The topological polar surface area (TPSA) is 116 Å². The van der Waals surface area contributed by atoms with Crippen LogP contribution in [0.2, 0.25) is 0 Å². The molecular formula is C23H28N6O4S. The normalized spacial score (nSPS) is 19.6. The fourth-order valence-electron chi connectivity index (χ4n) is 4.60. The molecule has 4 heterocycles. The number of sulfonamides is 1. The van der Waals surface area contributed by atoms with Gasteiger partial charge in [0.05, 0.1) is 0 Å². The summed E-state index contributed by atoms with van der Waals surface area (Å²) in [6.45, 7) is 6.81. The zero-order valence-electron chi connectivity index (χ0n) is 19.3. The lowest BCUT2D eigenvalue weighted by Crippen LogP contribution is -2.53. The van der Waals surface area contributed by atoms with Crippen molar-refractivity contribution in [3.05, 3.63) is 48.0 Å². The number of H-pyrrole nitrogens is 1. The number of benzene rings is 1. The summed E-state index contributed by atoms with van der Waals surface area (Å²) in [4.78, 5) is 19.4. The average Bonchev–Trinajstić information content (AvgIpc) is 3.60. The summed E-state index contributed by atoms with van der Waals surface area (Å²) in [5.41, 5.74) is 2.63. The van der Waals surface area contributed by atoms with Crippen LogP contribution in [0.25, 0.3) is 11.6 Å². The second-order valence-electron chi connectivity index (χ2n) is 8.91. The molecule has 34 heavy (non-hydrogen) atoms. The van der Waals surface area contributed by atoms with E-state index in [1.54, 1.807) is 4.90 Å². The first-order valence-corrected chi connectivity index (χ1v) is 12.9. The Morgan fingerprint density at radius 1 is 1.12 bits per heavy atom. The molecule has 2 aliphatic rings. The van der Waals surface area contributed by atoms with E-state index in [2.05, 4.69) is 32.2 Å². The summed E-state index contributed by atoms with van der Waals surface area (Å²) >= 11 is 0. The largest absolute Gasteiger partial charge is 0.411 e. The van der Waals surface area contributed by atoms with E-state index in [9.17, 15) is 13.2 Å². The molecule has 0 radical (unpaired) electrons. The maximum atomic E-state index is 13.3. The molecule has 0 bridgehead atoms. The molecule has 2 aromatic heterocycles. The molecular weight excluding hydrogens is 456 g/mol. The Labute approximate surface area is 198 Å². The number of carbonyl (C=O) groups is 1. The molecule has 0 aliphatic carbocycles. The van der Waals surface area contributed by atoms with Gasteiger partial charge >= 0.3 is 11.8 Å². The van der Waals surface area contributed by atoms with Crippen LogP contribution in [0.4, 0.5) is 5.69 Å². The number of likely N-dealkylation sites (tertiary alicyclic amines) is 1. The Hall–Kier alpha value is -3.18. The molecule has 5 rings (SSSR count). The van der Waals surface area contributed by atoms with Gasteiger partial charge in [-0.25, -0.2) is 8.42 Å². The van der Waals surface area contributed by atoms with E-state index in [4.69, 9.17) is 4.42 Å². The van der Waals surface area contributed by atoms with Crippen LogP contribution in [-0.4, -0.2) is 77.5 Å². The number of carbonyl (C=O) groups excluding carboxylic acids is 1. The zero-order chi connectivity index (χ0) is 23.9. The van der Waals surface area contributed by atoms with Gasteiger partial charge in [-0.3, -0.25) is 4.79 Å². The minimum atomic E-state index is -3.71. The van der Waals surface area contributed by atoms with Crippen molar-refractivity contribution in [1.29, 1.82) is 0 Å². The Morgan fingerprint density at radius 3 is 2.65 bits per heavy atom. The minimum absolute atomic E-state index is 0.0267. The van der Waals surface area contributed by atoms with Crippen LogP contribution in [0, 0.1) is 6.92 Å². The molecule has 2 aliphatic heterocycles. The van der Waals surface area contributed by atoms with Crippen LogP contribution in [0.5, 0.6) is 0 Å². The Bertz CT molecular complexity index is 1290. The zero-order valence-corrected chi connectivity index (χ0v) is 20.1. The number of aromatic nitrogens is 3. The third kappa shape index (κ3) is 4.21. The number of rotatable bonds is 5. The van der Waals surface area contributed by atoms with Crippen molar-refractivity contribution >= 4 is 21.6 Å². The third-order valence-corrected chi connectivity index (χ3v) is 8.29. The molecule has 2 fully saturated rings. The quantitative estimate of drug-likeness (QED) is 0.592. The third-order valence-electron chi connectivity index (χ3n) is 6.45. The maximum Gasteiger partial charge on any atom is 0.311 e. The molecule has 0 unspecified atom stereocenters. The van der Waals surface area contributed by atoms with Crippen molar-refractivity contribution in [2.45, 2.75) is 37.6 Å². The van der Waals surface area contributed by atoms with Crippen LogP contribution < -0.4 is 4.90 Å². The molecule has 11 heteroatoms. The van der Waals surface area contributed by atoms with E-state index in [0.29, 0.717) is 38.4 Å². The van der Waals surface area contributed by atoms with Crippen molar-refractivity contribution in [3.63, 3.8) is 0 Å². The number of amides is 1. The first-order chi connectivity index (χ1) is 16.3. The SMILES string of the molecule is Cc1cccc(N2CCN(S(=O)(=O)c3c[nH]c(-c4nnc(C(=O)N5CCCC5)o4)c3)C[C@H]2C)c1. The molecule has 1 aromatic carbocycles. The monoisotopic (exact) mass is 484 g/mol. The van der Waals surface area contributed by atoms with Crippen LogP contribution >= 0.6 is 0 Å². The highest BCUT2D eigenvalue weighted by atomic mass is 32.2. The molecule has 3 aromatic rings. The van der Waals surface area contributed by atoms with Gasteiger partial charge in [0.1, 0.15) is 10.6 Å². The number of aryl methyl sites for hydroxylation is 1. The van der Waals surface area contributed by atoms with E-state index in [-0.39, 0.29) is 28.6 Å². The standard InChI is InChI=1S/C23H28N6O4S/c1-16-6-5-7-18(12-16)29-11-10-28(15-17(29)2)34(31,32)19-13-20(24-14-19)21-25-26-22(33-21)23(30)27-8-3-4-9-27/h5-7,12-14,17,24H,3-4,8-11,15H2,1-2H3/t17-/m1/s1. The van der Waals surface area contributed by atoms with Crippen molar-refractivity contribution in [1.82, 2.24) is 24.4 Å². The van der Waals surface area contributed by atoms with Crippen LogP contribution in [0.3, 0.4) is 0 Å². The predicted molar refractivity (Wildman–Crippen MR) is 126 cm³/mol. The highest BCUT2D eigenvalue weighted by molar-refractivity contribution is 7.89. The van der Waals surface area contributed by atoms with E-state index in [0.717, 1.165) is 18.5 Å². The lowest BCUT2D eigenvalue weighted by Gasteiger charge is -2.40. The fraction of sp³-hybridized carbons (Fsp3) is 0.435. The summed E-state index contributed by atoms with van der Waals surface area (Å²) in [7, 11) is -3.71. The van der Waals surface area contributed by atoms with Crippen molar-refractivity contribution in [2.24, 2.45) is 0 Å². The second kappa shape index (κ2) is 8.88. The highest BCUT2D eigenvalue weighted by Gasteiger charge is 2.33. The number of piperazine rings is 1. The van der Waals surface area contributed by atoms with E-state index in [1.165, 1.54) is 22.1 Å². The minimum Gasteiger partial charge on any atom is -0.411 e. The van der Waals surface area contributed by atoms with Crippen LogP contribution in [-0.2, 0) is 10.0 Å². The van der Waals surface area contributed by atoms with E-state index >= 15 is 0 Å². The van der Waals surface area contributed by atoms with E-state index < -0.39 is 10.0 Å². The fourth-order valence-corrected chi connectivity index (χ4v) is 6.11. The number of hydrogen-bond donors (Lipinski definition) is 1. The molecule has 2 saturated heterocycles. The van der Waals surface area contributed by atoms with Gasteiger partial charge in [0.15, 0.2) is 0 Å². The number of aromatic amines is 1. The Morgan fingerprint density at radius 2 is 1.91 bits per heavy atom. The lowest BCUT2D eigenvalue weighted by atomic mass is 10.1. The molecule has 0 saturated carbocycles. The summed E-state index contributed by atoms with van der Waals surface area (Å²) in [6.07, 6.45) is 3.35. The van der Waals surface area contributed by atoms with Gasteiger partial charge in [-0.1, -0.05) is 12.1 Å². The maximum absolute atomic E-state index is 13.3. The Kier molecular flexibility index (Phi) is 5.90. The molecule has 0 spiro atoms. The molecule has 180 valence electrons. The smallest absolute Gasteiger partial charge is 0.311 e. The number of nitrogens with one attached hydrogen (secondary N) is 1. The van der Waals surface area contributed by atoms with Gasteiger partial charge in [0, 0.05) is 50.6 Å². The summed E-state index contributed by atoms with van der Waals surface area (Å²) in [5, 5.41) is 7.80. The predicted octanol–water partition coefficient (Wildman–Crippen LogP) is 2.51. The number of anilines is 1. The van der Waals surface area contributed by atoms with Crippen molar-refractivity contribution < 1.29 is 17.6 Å². The van der Waals surface area contributed by atoms with Crippen molar-refractivity contribution in [3.8, 4) is 11.6 Å². The molecule has 1 amide bonds. The van der Waals surface area contributed by atoms with Crippen LogP contribution in [0.1, 0.15) is 36.0 Å². The summed E-state index contributed by atoms with van der Waals surface area (Å²) in [6, 6.07) is 9.74. The average molecular weight is 485 g/mol. The van der Waals surface area contributed by atoms with Gasteiger partial charge in [-0.15, -0.1) is 10.2 Å². The van der Waals surface area contributed by atoms with Gasteiger partial charge < -0.3 is 19.2 Å². The Balaban J connectivity index is 1.30. The van der Waals surface area contributed by atoms with Gasteiger partial charge in [-0.05, 0) is 50.5 Å². The van der Waals surface area contributed by atoms with Crippen molar-refractivity contribution in [2.75, 3.05) is 37.6 Å². The second-order valence-corrected chi connectivity index (χ2v) is 10.8. The lowest BCUT2D eigenvalue weighted by molar-refractivity contribution is 0.0754. The van der Waals surface area contributed by atoms with Gasteiger partial charge in [0.2, 0.25) is 10.0 Å². The highest BCUT2D eigenvalue weighted by Crippen LogP contribution is 2.27. The molecule has 1 atom stereocenters. The molecule has 10 nitrogen and oxygen atoms in total. The van der Waals surface area contributed by atoms with E-state index in [1.807, 2.05) is 26.0 Å². The number of nitrogens with zero attached hydrogens (tertiary/aromatic N) is 5. The summed E-state index contributed by atoms with van der Waals surface area (Å²) in [5.74, 6) is -0.297. The first kappa shape index (κ1) is 22.6. The van der Waals surface area contributed by atoms with Gasteiger partial charge in [-0.2, -0.15) is 4.31 Å². The molecule has 1 N–H and O–H groups in total. The summed E-state index contributed by atoms with van der Waals surface area (Å²) < 4.78 is 33.7. The number of hydrogen-bond acceptors (Lipinski definition) is 7. The van der Waals surface area contributed by atoms with Gasteiger partial charge in [0.25, 0.3) is 5.89 Å².